The lowest BCUT2D eigenvalue weighted by Gasteiger charge is -2.42. The lowest BCUT2D eigenvalue weighted by molar-refractivity contribution is -0.135. The molecule has 0 aliphatic carbocycles. The van der Waals surface area contributed by atoms with E-state index in [0.717, 1.165) is 32.1 Å². The summed E-state index contributed by atoms with van der Waals surface area (Å²) in [5.41, 5.74) is 6.88. The van der Waals surface area contributed by atoms with E-state index in [0.29, 0.717) is 5.92 Å². The molecule has 1 aromatic rings. The van der Waals surface area contributed by atoms with Crippen LogP contribution in [0, 0.1) is 5.92 Å². The molecule has 2 saturated heterocycles. The summed E-state index contributed by atoms with van der Waals surface area (Å²) in [5.74, 6) is 0.489. The number of nitrogens with two attached hydrogens (primary N) is 1. The molecule has 2 aliphatic rings. The van der Waals surface area contributed by atoms with Crippen LogP contribution in [0.2, 0.25) is 0 Å². The molecule has 164 valence electrons. The van der Waals surface area contributed by atoms with Gasteiger partial charge >= 0.3 is 0 Å². The minimum absolute atomic E-state index is 0.0757. The highest BCUT2D eigenvalue weighted by molar-refractivity contribution is 7.84. The third kappa shape index (κ3) is 6.12. The molecule has 29 heavy (non-hydrogen) atoms. The zero-order chi connectivity index (χ0) is 21.6. The van der Waals surface area contributed by atoms with Gasteiger partial charge < -0.3 is 10.6 Å². The van der Waals surface area contributed by atoms with Gasteiger partial charge in [0.25, 0.3) is 0 Å². The van der Waals surface area contributed by atoms with Crippen molar-refractivity contribution < 1.29 is 9.00 Å². The Kier molecular flexibility index (Phi) is 8.86. The van der Waals surface area contributed by atoms with E-state index in [-0.39, 0.29) is 35.3 Å². The number of carbonyl (C=O) groups is 1. The monoisotopic (exact) mass is 421 g/mol. The Morgan fingerprint density at radius 3 is 2.21 bits per heavy atom. The number of nitrogens with one attached hydrogen (secondary N) is 1. The van der Waals surface area contributed by atoms with Gasteiger partial charge in [0.1, 0.15) is 0 Å². The van der Waals surface area contributed by atoms with Gasteiger partial charge in [-0.15, -0.1) is 0 Å². The highest BCUT2D eigenvalue weighted by Gasteiger charge is 2.45. The molecule has 0 aromatic heterocycles. The average Bonchev–Trinajstić information content (AvgIpc) is 2.97. The Bertz CT molecular complexity index is 660. The Balaban J connectivity index is 0.00000145. The quantitative estimate of drug-likeness (QED) is 0.739. The molecule has 1 unspecified atom stereocenters. The van der Waals surface area contributed by atoms with E-state index in [1.165, 1.54) is 5.56 Å². The van der Waals surface area contributed by atoms with E-state index in [2.05, 4.69) is 29.0 Å². The number of hydrogen-bond donors (Lipinski definition) is 2. The molecule has 2 bridgehead atoms. The SMILES string of the molecule is CC.CC(C)(C)[S@](=O)N[C@H](Cc1ccccc1)C1C[C@H]2CC[C@@H](C1)N2C(=O)CN. The van der Waals surface area contributed by atoms with Crippen LogP contribution < -0.4 is 10.5 Å². The van der Waals surface area contributed by atoms with Gasteiger partial charge in [0.05, 0.1) is 22.3 Å². The number of hydrogen-bond acceptors (Lipinski definition) is 3. The molecule has 1 amide bonds. The number of fused-ring (bicyclic) bond motifs is 2. The standard InChI is InChI=1S/C21H33N3O2S.C2H6/c1-21(2,3)27(26)23-19(11-15-7-5-4-6-8-15)16-12-17-9-10-18(13-16)24(17)20(25)14-22;1-2/h4-8,16-19,23H,9-14,22H2,1-3H3;1-2H3/t16?,17-,18+,19-,27+;/m1./s1. The lowest BCUT2D eigenvalue weighted by atomic mass is 9.82. The van der Waals surface area contributed by atoms with Crippen LogP contribution in [-0.4, -0.2) is 44.4 Å². The van der Waals surface area contributed by atoms with Gasteiger partial charge in [-0.25, -0.2) is 8.93 Å². The third-order valence-corrected chi connectivity index (χ3v) is 7.54. The van der Waals surface area contributed by atoms with Crippen LogP contribution >= 0.6 is 0 Å². The number of rotatable bonds is 6. The van der Waals surface area contributed by atoms with Crippen molar-refractivity contribution >= 4 is 16.9 Å². The van der Waals surface area contributed by atoms with Crippen LogP contribution in [0.4, 0.5) is 0 Å². The molecular weight excluding hydrogens is 382 g/mol. The number of amides is 1. The highest BCUT2D eigenvalue weighted by atomic mass is 32.2. The summed E-state index contributed by atoms with van der Waals surface area (Å²) < 4.78 is 16.0. The largest absolute Gasteiger partial charge is 0.336 e. The maximum atomic E-state index is 12.8. The van der Waals surface area contributed by atoms with Crippen molar-refractivity contribution in [2.45, 2.75) is 89.6 Å². The molecule has 0 saturated carbocycles. The van der Waals surface area contributed by atoms with Gasteiger partial charge in [-0.1, -0.05) is 44.2 Å². The highest BCUT2D eigenvalue weighted by Crippen LogP contribution is 2.40. The molecule has 5 atom stereocenters. The predicted octanol–water partition coefficient (Wildman–Crippen LogP) is 3.40. The van der Waals surface area contributed by atoms with Crippen LogP contribution in [0.3, 0.4) is 0 Å². The van der Waals surface area contributed by atoms with Crippen molar-refractivity contribution in [1.82, 2.24) is 9.62 Å². The van der Waals surface area contributed by atoms with Crippen molar-refractivity contribution in [3.8, 4) is 0 Å². The maximum Gasteiger partial charge on any atom is 0.236 e. The molecule has 1 aromatic carbocycles. The van der Waals surface area contributed by atoms with E-state index in [1.54, 1.807) is 0 Å². The Morgan fingerprint density at radius 2 is 1.72 bits per heavy atom. The average molecular weight is 422 g/mol. The molecule has 0 radical (unpaired) electrons. The van der Waals surface area contributed by atoms with Crippen molar-refractivity contribution in [1.29, 1.82) is 0 Å². The molecule has 5 nitrogen and oxygen atoms in total. The topological polar surface area (TPSA) is 75.4 Å². The molecule has 3 N–H and O–H groups in total. The zero-order valence-electron chi connectivity index (χ0n) is 18.7. The van der Waals surface area contributed by atoms with Crippen LogP contribution in [-0.2, 0) is 22.2 Å². The maximum absolute atomic E-state index is 12.8. The first-order valence-corrected chi connectivity index (χ1v) is 12.2. The van der Waals surface area contributed by atoms with E-state index in [9.17, 15) is 9.00 Å². The molecular formula is C23H39N3O2S. The Hall–Kier alpha value is -1.24. The van der Waals surface area contributed by atoms with Crippen molar-refractivity contribution in [2.24, 2.45) is 11.7 Å². The van der Waals surface area contributed by atoms with E-state index in [1.807, 2.05) is 45.6 Å². The second-order valence-electron chi connectivity index (χ2n) is 8.92. The normalized spacial score (nSPS) is 25.7. The van der Waals surface area contributed by atoms with Crippen LogP contribution in [0.1, 0.15) is 65.9 Å². The molecule has 2 heterocycles. The lowest BCUT2D eigenvalue weighted by Crippen LogP contribution is -2.53. The fourth-order valence-electron chi connectivity index (χ4n) is 4.55. The third-order valence-electron chi connectivity index (χ3n) is 5.91. The van der Waals surface area contributed by atoms with Gasteiger partial charge in [-0.3, -0.25) is 4.79 Å². The molecule has 3 rings (SSSR count). The fraction of sp³-hybridized carbons (Fsp3) is 0.696. The second kappa shape index (κ2) is 10.7. The Morgan fingerprint density at radius 1 is 1.17 bits per heavy atom. The van der Waals surface area contributed by atoms with Crippen molar-refractivity contribution in [2.75, 3.05) is 6.54 Å². The van der Waals surface area contributed by atoms with Gasteiger partial charge in [0.2, 0.25) is 5.91 Å². The predicted molar refractivity (Wildman–Crippen MR) is 122 cm³/mol. The van der Waals surface area contributed by atoms with Crippen LogP contribution in [0.5, 0.6) is 0 Å². The van der Waals surface area contributed by atoms with E-state index >= 15 is 0 Å². The van der Waals surface area contributed by atoms with E-state index in [4.69, 9.17) is 5.73 Å². The first-order valence-electron chi connectivity index (χ1n) is 11.0. The Labute approximate surface area is 179 Å². The van der Waals surface area contributed by atoms with Crippen molar-refractivity contribution in [3.05, 3.63) is 35.9 Å². The molecule has 2 fully saturated rings. The van der Waals surface area contributed by atoms with E-state index < -0.39 is 11.0 Å². The minimum Gasteiger partial charge on any atom is -0.336 e. The van der Waals surface area contributed by atoms with Gasteiger partial charge in [0.15, 0.2) is 0 Å². The van der Waals surface area contributed by atoms with Gasteiger partial charge in [-0.2, -0.15) is 0 Å². The first kappa shape index (κ1) is 24.0. The summed E-state index contributed by atoms with van der Waals surface area (Å²) in [6.45, 7) is 10.1. The molecule has 2 aliphatic heterocycles. The van der Waals surface area contributed by atoms with Crippen LogP contribution in [0.25, 0.3) is 0 Å². The summed E-state index contributed by atoms with van der Waals surface area (Å²) in [5, 5.41) is 0. The fourth-order valence-corrected chi connectivity index (χ4v) is 5.45. The summed E-state index contributed by atoms with van der Waals surface area (Å²) in [7, 11) is -1.11. The molecule has 0 spiro atoms. The summed E-state index contributed by atoms with van der Waals surface area (Å²) in [6, 6.07) is 11.1. The van der Waals surface area contributed by atoms with Gasteiger partial charge in [-0.05, 0) is 64.4 Å². The second-order valence-corrected chi connectivity index (χ2v) is 10.9. The van der Waals surface area contributed by atoms with Crippen LogP contribution in [0.15, 0.2) is 30.3 Å². The minimum atomic E-state index is -1.11. The number of piperidine rings is 1. The summed E-state index contributed by atoms with van der Waals surface area (Å²) in [4.78, 5) is 14.3. The zero-order valence-corrected chi connectivity index (χ0v) is 19.5. The number of carbonyl (C=O) groups excluding carboxylic acids is 1. The first-order chi connectivity index (χ1) is 13.8. The molecule has 6 heteroatoms. The number of nitrogens with zero attached hydrogens (tertiary/aromatic N) is 1. The number of benzene rings is 1. The smallest absolute Gasteiger partial charge is 0.236 e. The van der Waals surface area contributed by atoms with Gasteiger partial charge in [0, 0.05) is 18.1 Å². The van der Waals surface area contributed by atoms with Crippen molar-refractivity contribution in [3.63, 3.8) is 0 Å². The summed E-state index contributed by atoms with van der Waals surface area (Å²) >= 11 is 0. The summed E-state index contributed by atoms with van der Waals surface area (Å²) in [6.07, 6.45) is 4.92.